The predicted molar refractivity (Wildman–Crippen MR) is 119 cm³/mol. The maximum Gasteiger partial charge on any atom is 0.263 e. The molecule has 0 bridgehead atoms. The van der Waals surface area contributed by atoms with Gasteiger partial charge in [-0.3, -0.25) is 9.52 Å². The van der Waals surface area contributed by atoms with Gasteiger partial charge in [-0.05, 0) is 65.1 Å². The molecule has 0 saturated carbocycles. The van der Waals surface area contributed by atoms with Crippen LogP contribution in [0.15, 0.2) is 59.8 Å². The van der Waals surface area contributed by atoms with Crippen molar-refractivity contribution in [1.82, 2.24) is 9.97 Å². The van der Waals surface area contributed by atoms with E-state index in [0.717, 1.165) is 3.57 Å². The van der Waals surface area contributed by atoms with Crippen LogP contribution in [-0.2, 0) is 10.0 Å². The maximum absolute atomic E-state index is 12.6. The summed E-state index contributed by atoms with van der Waals surface area (Å²) in [6, 6.07) is 10.8. The Balaban J connectivity index is 1.74. The second-order valence-electron chi connectivity index (χ2n) is 5.85. The van der Waals surface area contributed by atoms with Crippen molar-refractivity contribution in [1.29, 1.82) is 0 Å². The highest BCUT2D eigenvalue weighted by Crippen LogP contribution is 2.24. The zero-order chi connectivity index (χ0) is 21.7. The van der Waals surface area contributed by atoms with Crippen molar-refractivity contribution >= 4 is 50.0 Å². The van der Waals surface area contributed by atoms with Crippen molar-refractivity contribution in [2.24, 2.45) is 0 Å². The van der Waals surface area contributed by atoms with Crippen LogP contribution in [0.1, 0.15) is 10.4 Å². The molecule has 0 aliphatic rings. The van der Waals surface area contributed by atoms with E-state index in [2.05, 4.69) is 42.6 Å². The van der Waals surface area contributed by atoms with Crippen LogP contribution in [0.2, 0.25) is 0 Å². The summed E-state index contributed by atoms with van der Waals surface area (Å²) in [5, 5.41) is 2.73. The van der Waals surface area contributed by atoms with Gasteiger partial charge in [-0.25, -0.2) is 18.4 Å². The first-order valence-electron chi connectivity index (χ1n) is 8.47. The maximum atomic E-state index is 12.6. The number of hydrogen-bond donors (Lipinski definition) is 2. The normalized spacial score (nSPS) is 10.9. The minimum atomic E-state index is -3.92. The zero-order valence-electron chi connectivity index (χ0n) is 15.9. The molecule has 0 aliphatic heterocycles. The van der Waals surface area contributed by atoms with Crippen molar-refractivity contribution < 1.29 is 22.7 Å². The van der Waals surface area contributed by atoms with Gasteiger partial charge in [0.2, 0.25) is 5.82 Å². The fourth-order valence-corrected chi connectivity index (χ4v) is 4.20. The summed E-state index contributed by atoms with van der Waals surface area (Å²) in [5.41, 5.74) is 0.898. The number of rotatable bonds is 7. The van der Waals surface area contributed by atoms with E-state index in [-0.39, 0.29) is 22.5 Å². The Labute approximate surface area is 187 Å². The molecular formula is C19H17IN4O5S. The topological polar surface area (TPSA) is 120 Å². The van der Waals surface area contributed by atoms with Crippen LogP contribution in [0.25, 0.3) is 0 Å². The number of benzene rings is 2. The Morgan fingerprint density at radius 1 is 1.00 bits per heavy atom. The average molecular weight is 540 g/mol. The van der Waals surface area contributed by atoms with Gasteiger partial charge in [0.05, 0.1) is 22.7 Å². The summed E-state index contributed by atoms with van der Waals surface area (Å²) in [5.74, 6) is 0.383. The van der Waals surface area contributed by atoms with E-state index in [1.54, 1.807) is 25.3 Å². The number of nitrogens with one attached hydrogen (secondary N) is 2. The molecule has 156 valence electrons. The molecule has 2 N–H and O–H groups in total. The van der Waals surface area contributed by atoms with Crippen LogP contribution in [-0.4, -0.2) is 38.5 Å². The van der Waals surface area contributed by atoms with Crippen molar-refractivity contribution in [3.05, 3.63) is 64.0 Å². The van der Waals surface area contributed by atoms with E-state index < -0.39 is 10.0 Å². The molecule has 0 saturated heterocycles. The Hall–Kier alpha value is -2.93. The first-order chi connectivity index (χ1) is 14.3. The molecule has 9 nitrogen and oxygen atoms in total. The minimum absolute atomic E-state index is 0.00722. The molecular weight excluding hydrogens is 523 g/mol. The largest absolute Gasteiger partial charge is 0.496 e. The number of hydrogen-bond acceptors (Lipinski definition) is 7. The number of methoxy groups -OCH3 is 2. The predicted octanol–water partition coefficient (Wildman–Crippen LogP) is 3.15. The third kappa shape index (κ3) is 4.97. The first kappa shape index (κ1) is 21.8. The van der Waals surface area contributed by atoms with Gasteiger partial charge in [-0.1, -0.05) is 0 Å². The van der Waals surface area contributed by atoms with E-state index in [1.165, 1.54) is 43.8 Å². The monoisotopic (exact) mass is 540 g/mol. The fourth-order valence-electron chi connectivity index (χ4n) is 2.46. The SMILES string of the molecule is COc1ccc(C(=O)Nc2ccc(S(=O)(=O)Nc3nccnc3OC)cc2)cc1I. The Kier molecular flexibility index (Phi) is 6.72. The molecule has 3 rings (SSSR count). The van der Waals surface area contributed by atoms with Gasteiger partial charge in [0, 0.05) is 23.6 Å². The van der Waals surface area contributed by atoms with Crippen molar-refractivity contribution in [2.75, 3.05) is 24.3 Å². The van der Waals surface area contributed by atoms with Gasteiger partial charge in [0.1, 0.15) is 5.75 Å². The lowest BCUT2D eigenvalue weighted by Gasteiger charge is -2.11. The van der Waals surface area contributed by atoms with Crippen LogP contribution in [0.4, 0.5) is 11.5 Å². The smallest absolute Gasteiger partial charge is 0.263 e. The number of carbonyl (C=O) groups excluding carboxylic acids is 1. The quantitative estimate of drug-likeness (QED) is 0.442. The number of nitrogens with zero attached hydrogens (tertiary/aromatic N) is 2. The summed E-state index contributed by atoms with van der Waals surface area (Å²) in [7, 11) is -0.995. The average Bonchev–Trinajstić information content (AvgIpc) is 2.74. The lowest BCUT2D eigenvalue weighted by Crippen LogP contribution is -2.15. The third-order valence-corrected chi connectivity index (χ3v) is 6.12. The number of ether oxygens (including phenoxy) is 2. The van der Waals surface area contributed by atoms with Crippen LogP contribution in [0.5, 0.6) is 11.6 Å². The number of anilines is 2. The molecule has 1 heterocycles. The summed E-state index contributed by atoms with van der Waals surface area (Å²) < 4.78 is 38.5. The molecule has 0 fully saturated rings. The second kappa shape index (κ2) is 9.26. The molecule has 30 heavy (non-hydrogen) atoms. The molecule has 0 aliphatic carbocycles. The highest BCUT2D eigenvalue weighted by atomic mass is 127. The molecule has 0 atom stereocenters. The molecule has 1 aromatic heterocycles. The standard InChI is InChI=1S/C19H17IN4O5S/c1-28-16-8-3-12(11-15(16)20)18(25)23-13-4-6-14(7-5-13)30(26,27)24-17-19(29-2)22-10-9-21-17/h3-11H,1-2H3,(H,21,24)(H,23,25). The number of halogens is 1. The second-order valence-corrected chi connectivity index (χ2v) is 8.69. The van der Waals surface area contributed by atoms with Crippen LogP contribution < -0.4 is 19.5 Å². The summed E-state index contributed by atoms with van der Waals surface area (Å²) in [6.45, 7) is 0. The van der Waals surface area contributed by atoms with E-state index in [1.807, 2.05) is 0 Å². The fraction of sp³-hybridized carbons (Fsp3) is 0.105. The molecule has 11 heteroatoms. The molecule has 0 unspecified atom stereocenters. The lowest BCUT2D eigenvalue weighted by atomic mass is 10.2. The summed E-state index contributed by atoms with van der Waals surface area (Å²) in [6.07, 6.45) is 2.73. The first-order valence-corrected chi connectivity index (χ1v) is 11.0. The van der Waals surface area contributed by atoms with Crippen molar-refractivity contribution in [3.63, 3.8) is 0 Å². The number of amides is 1. The third-order valence-electron chi connectivity index (χ3n) is 3.93. The molecule has 1 amide bonds. The van der Waals surface area contributed by atoms with Gasteiger partial charge >= 0.3 is 0 Å². The van der Waals surface area contributed by atoms with Crippen LogP contribution >= 0.6 is 22.6 Å². The highest BCUT2D eigenvalue weighted by Gasteiger charge is 2.18. The minimum Gasteiger partial charge on any atom is -0.496 e. The Morgan fingerprint density at radius 3 is 2.33 bits per heavy atom. The molecule has 3 aromatic rings. The number of aromatic nitrogens is 2. The molecule has 2 aromatic carbocycles. The summed E-state index contributed by atoms with van der Waals surface area (Å²) in [4.78, 5) is 20.3. The van der Waals surface area contributed by atoms with E-state index in [0.29, 0.717) is 17.0 Å². The molecule has 0 spiro atoms. The number of sulfonamides is 1. The van der Waals surface area contributed by atoms with E-state index in [9.17, 15) is 13.2 Å². The number of carbonyl (C=O) groups is 1. The Morgan fingerprint density at radius 2 is 1.70 bits per heavy atom. The van der Waals surface area contributed by atoms with Gasteiger partial charge in [-0.15, -0.1) is 0 Å². The van der Waals surface area contributed by atoms with Gasteiger partial charge in [-0.2, -0.15) is 0 Å². The molecule has 0 radical (unpaired) electrons. The van der Waals surface area contributed by atoms with Crippen LogP contribution in [0, 0.1) is 3.57 Å². The van der Waals surface area contributed by atoms with Gasteiger partial charge < -0.3 is 14.8 Å². The van der Waals surface area contributed by atoms with E-state index in [4.69, 9.17) is 9.47 Å². The lowest BCUT2D eigenvalue weighted by molar-refractivity contribution is 0.102. The van der Waals surface area contributed by atoms with E-state index >= 15 is 0 Å². The van der Waals surface area contributed by atoms with Gasteiger partial charge in [0.25, 0.3) is 21.8 Å². The van der Waals surface area contributed by atoms with Crippen LogP contribution in [0.3, 0.4) is 0 Å². The Bertz CT molecular complexity index is 1170. The zero-order valence-corrected chi connectivity index (χ0v) is 18.9. The summed E-state index contributed by atoms with van der Waals surface area (Å²) >= 11 is 2.08. The highest BCUT2D eigenvalue weighted by molar-refractivity contribution is 14.1. The van der Waals surface area contributed by atoms with Gasteiger partial charge in [0.15, 0.2) is 0 Å². The van der Waals surface area contributed by atoms with Crippen molar-refractivity contribution in [3.8, 4) is 11.6 Å². The van der Waals surface area contributed by atoms with Crippen molar-refractivity contribution in [2.45, 2.75) is 4.90 Å².